The van der Waals surface area contributed by atoms with Gasteiger partial charge in [0.1, 0.15) is 0 Å². The Morgan fingerprint density at radius 3 is 2.32 bits per heavy atom. The molecule has 2 aromatic carbocycles. The first-order valence-corrected chi connectivity index (χ1v) is 11.7. The van der Waals surface area contributed by atoms with Gasteiger partial charge in [0.25, 0.3) is 5.91 Å². The Labute approximate surface area is 200 Å². The number of rotatable bonds is 10. The molecule has 2 heterocycles. The molecule has 0 aliphatic carbocycles. The summed E-state index contributed by atoms with van der Waals surface area (Å²) in [6, 6.07) is 10.7. The number of nitrogens with zero attached hydrogens (tertiary/aromatic N) is 2. The fourth-order valence-electron chi connectivity index (χ4n) is 4.84. The fourth-order valence-corrected chi connectivity index (χ4v) is 4.84. The molecule has 2 amide bonds. The number of likely N-dealkylation sites (tertiary alicyclic amines) is 1. The first-order valence-electron chi connectivity index (χ1n) is 11.7. The molecule has 1 atom stereocenters. The number of nitrogens with one attached hydrogen (secondary N) is 1. The van der Waals surface area contributed by atoms with Gasteiger partial charge in [-0.05, 0) is 55.3 Å². The van der Waals surface area contributed by atoms with E-state index in [0.717, 1.165) is 30.8 Å². The van der Waals surface area contributed by atoms with Crippen LogP contribution in [0.25, 0.3) is 0 Å². The summed E-state index contributed by atoms with van der Waals surface area (Å²) in [6.45, 7) is 4.05. The molecule has 0 unspecified atom stereocenters. The van der Waals surface area contributed by atoms with Crippen molar-refractivity contribution in [1.29, 1.82) is 0 Å². The van der Waals surface area contributed by atoms with Crippen molar-refractivity contribution in [2.24, 2.45) is 0 Å². The second-order valence-corrected chi connectivity index (χ2v) is 8.67. The maximum absolute atomic E-state index is 13.3. The first kappa shape index (κ1) is 23.9. The lowest BCUT2D eigenvalue weighted by Gasteiger charge is -2.29. The standard InChI is InChI=1S/C26H33N3O5/c1-32-22-14-19(15-23(33-2)25(22)34-3)21(16-24(30)27-10-13-28-11-6-7-12-28)29-17-18-8-4-5-9-20(18)26(29)31/h4-5,8-9,14-15,21H,6-7,10-13,16-17H2,1-3H3,(H,27,30)/t21-/m1/s1. The summed E-state index contributed by atoms with van der Waals surface area (Å²) >= 11 is 0. The maximum atomic E-state index is 13.3. The molecule has 0 spiro atoms. The second-order valence-electron chi connectivity index (χ2n) is 8.67. The van der Waals surface area contributed by atoms with Gasteiger partial charge in [0.15, 0.2) is 11.5 Å². The van der Waals surface area contributed by atoms with E-state index < -0.39 is 6.04 Å². The van der Waals surface area contributed by atoms with Crippen molar-refractivity contribution in [2.45, 2.75) is 31.8 Å². The molecule has 1 fully saturated rings. The molecule has 4 rings (SSSR count). The van der Waals surface area contributed by atoms with Gasteiger partial charge in [-0.25, -0.2) is 0 Å². The highest BCUT2D eigenvalue weighted by Crippen LogP contribution is 2.42. The monoisotopic (exact) mass is 467 g/mol. The van der Waals surface area contributed by atoms with E-state index in [2.05, 4.69) is 10.2 Å². The van der Waals surface area contributed by atoms with E-state index in [1.165, 1.54) is 12.8 Å². The molecule has 1 saturated heterocycles. The molecule has 2 aliphatic rings. The van der Waals surface area contributed by atoms with Crippen LogP contribution in [0.3, 0.4) is 0 Å². The molecule has 0 saturated carbocycles. The molecule has 8 nitrogen and oxygen atoms in total. The number of carbonyl (C=O) groups excluding carboxylic acids is 2. The lowest BCUT2D eigenvalue weighted by molar-refractivity contribution is -0.122. The zero-order valence-electron chi connectivity index (χ0n) is 20.1. The second kappa shape index (κ2) is 10.8. The van der Waals surface area contributed by atoms with E-state index in [-0.39, 0.29) is 18.2 Å². The van der Waals surface area contributed by atoms with Crippen molar-refractivity contribution in [2.75, 3.05) is 47.5 Å². The summed E-state index contributed by atoms with van der Waals surface area (Å²) in [5.74, 6) is 1.26. The number of hydrogen-bond donors (Lipinski definition) is 1. The number of amides is 2. The van der Waals surface area contributed by atoms with Crippen molar-refractivity contribution in [1.82, 2.24) is 15.1 Å². The van der Waals surface area contributed by atoms with Crippen LogP contribution < -0.4 is 19.5 Å². The Hall–Kier alpha value is -3.26. The Balaban J connectivity index is 1.59. The molecule has 8 heteroatoms. The van der Waals surface area contributed by atoms with Gasteiger partial charge in [-0.3, -0.25) is 9.59 Å². The zero-order valence-corrected chi connectivity index (χ0v) is 20.1. The van der Waals surface area contributed by atoms with E-state index in [4.69, 9.17) is 14.2 Å². The van der Waals surface area contributed by atoms with Gasteiger partial charge in [-0.1, -0.05) is 18.2 Å². The number of methoxy groups -OCH3 is 3. The third-order valence-electron chi connectivity index (χ3n) is 6.63. The molecule has 34 heavy (non-hydrogen) atoms. The van der Waals surface area contributed by atoms with Gasteiger partial charge < -0.3 is 29.3 Å². The minimum atomic E-state index is -0.486. The van der Waals surface area contributed by atoms with Gasteiger partial charge in [0.05, 0.1) is 33.8 Å². The summed E-state index contributed by atoms with van der Waals surface area (Å²) in [7, 11) is 4.65. The SMILES string of the molecule is COc1cc([C@@H](CC(=O)NCCN2CCCC2)N2Cc3ccccc3C2=O)cc(OC)c1OC. The average molecular weight is 468 g/mol. The molecule has 182 valence electrons. The topological polar surface area (TPSA) is 80.3 Å². The summed E-state index contributed by atoms with van der Waals surface area (Å²) in [6.07, 6.45) is 2.57. The molecule has 0 radical (unpaired) electrons. The molecule has 1 N–H and O–H groups in total. The van der Waals surface area contributed by atoms with E-state index >= 15 is 0 Å². The maximum Gasteiger partial charge on any atom is 0.255 e. The number of hydrogen-bond acceptors (Lipinski definition) is 6. The molecular formula is C26H33N3O5. The minimum Gasteiger partial charge on any atom is -0.493 e. The van der Waals surface area contributed by atoms with Crippen molar-refractivity contribution in [3.63, 3.8) is 0 Å². The van der Waals surface area contributed by atoms with Crippen LogP contribution in [-0.2, 0) is 11.3 Å². The highest BCUT2D eigenvalue weighted by atomic mass is 16.5. The van der Waals surface area contributed by atoms with Gasteiger partial charge in [-0.15, -0.1) is 0 Å². The number of fused-ring (bicyclic) bond motifs is 1. The quantitative estimate of drug-likeness (QED) is 0.579. The molecule has 2 aromatic rings. The van der Waals surface area contributed by atoms with Crippen LogP contribution >= 0.6 is 0 Å². The molecule has 0 bridgehead atoms. The lowest BCUT2D eigenvalue weighted by atomic mass is 10.00. The smallest absolute Gasteiger partial charge is 0.255 e. The van der Waals surface area contributed by atoms with Crippen LogP contribution in [0.1, 0.15) is 46.8 Å². The highest BCUT2D eigenvalue weighted by Gasteiger charge is 2.35. The van der Waals surface area contributed by atoms with Crippen molar-refractivity contribution in [3.8, 4) is 17.2 Å². The molecule has 2 aliphatic heterocycles. The Morgan fingerprint density at radius 2 is 1.71 bits per heavy atom. The van der Waals surface area contributed by atoms with E-state index in [1.54, 1.807) is 26.2 Å². The predicted octanol–water partition coefficient (Wildman–Crippen LogP) is 3.01. The fraction of sp³-hybridized carbons (Fsp3) is 0.462. The van der Waals surface area contributed by atoms with Crippen LogP contribution in [0.4, 0.5) is 0 Å². The highest BCUT2D eigenvalue weighted by molar-refractivity contribution is 5.98. The van der Waals surface area contributed by atoms with Gasteiger partial charge in [-0.2, -0.15) is 0 Å². The third kappa shape index (κ3) is 4.97. The van der Waals surface area contributed by atoms with Gasteiger partial charge in [0, 0.05) is 25.2 Å². The van der Waals surface area contributed by atoms with E-state index in [0.29, 0.717) is 35.9 Å². The summed E-state index contributed by atoms with van der Waals surface area (Å²) in [5, 5.41) is 3.04. The lowest BCUT2D eigenvalue weighted by Crippen LogP contribution is -2.37. The van der Waals surface area contributed by atoms with Crippen molar-refractivity contribution < 1.29 is 23.8 Å². The summed E-state index contributed by atoms with van der Waals surface area (Å²) in [4.78, 5) is 30.4. The van der Waals surface area contributed by atoms with Gasteiger partial charge >= 0.3 is 0 Å². The first-order chi connectivity index (χ1) is 16.5. The van der Waals surface area contributed by atoms with Crippen molar-refractivity contribution >= 4 is 11.8 Å². The molecular weight excluding hydrogens is 434 g/mol. The van der Waals surface area contributed by atoms with Crippen molar-refractivity contribution in [3.05, 3.63) is 53.1 Å². The van der Waals surface area contributed by atoms with E-state index in [9.17, 15) is 9.59 Å². The Kier molecular flexibility index (Phi) is 7.57. The number of benzene rings is 2. The number of ether oxygens (including phenoxy) is 3. The third-order valence-corrected chi connectivity index (χ3v) is 6.63. The Bertz CT molecular complexity index is 1010. The summed E-state index contributed by atoms with van der Waals surface area (Å²) < 4.78 is 16.5. The van der Waals surface area contributed by atoms with E-state index in [1.807, 2.05) is 36.4 Å². The number of carbonyl (C=O) groups is 2. The predicted molar refractivity (Wildman–Crippen MR) is 128 cm³/mol. The minimum absolute atomic E-state index is 0.0841. The normalized spacial score (nSPS) is 16.3. The summed E-state index contributed by atoms with van der Waals surface area (Å²) in [5.41, 5.74) is 2.39. The van der Waals surface area contributed by atoms with Crippen LogP contribution in [-0.4, -0.2) is 69.1 Å². The van der Waals surface area contributed by atoms with Crippen LogP contribution in [0.2, 0.25) is 0 Å². The Morgan fingerprint density at radius 1 is 1.03 bits per heavy atom. The average Bonchev–Trinajstić information content (AvgIpc) is 3.49. The van der Waals surface area contributed by atoms with Crippen LogP contribution in [0, 0.1) is 0 Å². The van der Waals surface area contributed by atoms with Gasteiger partial charge in [0.2, 0.25) is 11.7 Å². The largest absolute Gasteiger partial charge is 0.493 e. The zero-order chi connectivity index (χ0) is 24.1. The molecule has 0 aromatic heterocycles. The van der Waals surface area contributed by atoms with Crippen LogP contribution in [0.5, 0.6) is 17.2 Å². The van der Waals surface area contributed by atoms with Crippen LogP contribution in [0.15, 0.2) is 36.4 Å².